The topological polar surface area (TPSA) is 66.5 Å². The maximum absolute atomic E-state index is 14.0. The summed E-state index contributed by atoms with van der Waals surface area (Å²) >= 11 is 0. The van der Waals surface area contributed by atoms with Crippen molar-refractivity contribution in [3.05, 3.63) is 94.3 Å². The molecule has 0 bridgehead atoms. The van der Waals surface area contributed by atoms with E-state index >= 15 is 0 Å². The Morgan fingerprint density at radius 3 is 2.09 bits per heavy atom. The Bertz CT molecular complexity index is 1220. The summed E-state index contributed by atoms with van der Waals surface area (Å²) in [6, 6.07) is 16.8. The van der Waals surface area contributed by atoms with Gasteiger partial charge in [-0.05, 0) is 56.5 Å². The Balaban J connectivity index is 1.97. The lowest BCUT2D eigenvalue weighted by Gasteiger charge is -2.24. The summed E-state index contributed by atoms with van der Waals surface area (Å²) < 4.78 is 42.5. The molecular formula is C25H27FN2O3S. The predicted octanol–water partition coefficient (Wildman–Crippen LogP) is 4.89. The SMILES string of the molecule is Cc1ccc(CN(CC(=O)Nc2ccccc2F)S(=O)(=O)c2c(C)cc(C)cc2C)cc1. The number of anilines is 1. The summed E-state index contributed by atoms with van der Waals surface area (Å²) in [6.07, 6.45) is 0. The molecule has 168 valence electrons. The summed E-state index contributed by atoms with van der Waals surface area (Å²) in [5, 5.41) is 2.48. The first-order chi connectivity index (χ1) is 15.1. The van der Waals surface area contributed by atoms with Crippen LogP contribution in [0.3, 0.4) is 0 Å². The average molecular weight is 455 g/mol. The lowest BCUT2D eigenvalue weighted by molar-refractivity contribution is -0.116. The average Bonchev–Trinajstić information content (AvgIpc) is 2.70. The van der Waals surface area contributed by atoms with Crippen LogP contribution in [0.2, 0.25) is 0 Å². The van der Waals surface area contributed by atoms with Gasteiger partial charge < -0.3 is 5.32 Å². The van der Waals surface area contributed by atoms with E-state index < -0.39 is 28.3 Å². The summed E-state index contributed by atoms with van der Waals surface area (Å²) in [4.78, 5) is 12.9. The molecule has 7 heteroatoms. The Kier molecular flexibility index (Phi) is 7.11. The highest BCUT2D eigenvalue weighted by atomic mass is 32.2. The van der Waals surface area contributed by atoms with Crippen LogP contribution >= 0.6 is 0 Å². The van der Waals surface area contributed by atoms with Crippen LogP contribution in [-0.2, 0) is 21.4 Å². The van der Waals surface area contributed by atoms with Crippen molar-refractivity contribution in [1.82, 2.24) is 4.31 Å². The molecule has 3 aromatic rings. The van der Waals surface area contributed by atoms with Gasteiger partial charge in [0.2, 0.25) is 15.9 Å². The summed E-state index contributed by atoms with van der Waals surface area (Å²) in [6.45, 7) is 6.91. The van der Waals surface area contributed by atoms with Gasteiger partial charge in [0.05, 0.1) is 17.1 Å². The fourth-order valence-corrected chi connectivity index (χ4v) is 5.53. The third-order valence-electron chi connectivity index (χ3n) is 5.15. The van der Waals surface area contributed by atoms with Gasteiger partial charge in [-0.15, -0.1) is 0 Å². The van der Waals surface area contributed by atoms with Crippen LogP contribution in [0.15, 0.2) is 65.6 Å². The molecule has 0 atom stereocenters. The fraction of sp³-hybridized carbons (Fsp3) is 0.240. The van der Waals surface area contributed by atoms with Gasteiger partial charge in [0.1, 0.15) is 5.82 Å². The zero-order valence-electron chi connectivity index (χ0n) is 18.6. The van der Waals surface area contributed by atoms with Crippen LogP contribution in [0.5, 0.6) is 0 Å². The molecule has 1 N–H and O–H groups in total. The van der Waals surface area contributed by atoms with Gasteiger partial charge in [-0.25, -0.2) is 12.8 Å². The number of rotatable bonds is 7. The summed E-state index contributed by atoms with van der Waals surface area (Å²) in [5.74, 6) is -1.20. The van der Waals surface area contributed by atoms with Crippen molar-refractivity contribution in [2.45, 2.75) is 39.1 Å². The van der Waals surface area contributed by atoms with Gasteiger partial charge >= 0.3 is 0 Å². The maximum atomic E-state index is 14.0. The molecule has 0 heterocycles. The third kappa shape index (κ3) is 5.41. The first kappa shape index (κ1) is 23.6. The molecule has 0 aliphatic heterocycles. The van der Waals surface area contributed by atoms with Crippen LogP contribution < -0.4 is 5.32 Å². The van der Waals surface area contributed by atoms with Gasteiger partial charge in [-0.1, -0.05) is 59.7 Å². The second-order valence-corrected chi connectivity index (χ2v) is 9.89. The standard InChI is InChI=1S/C25H27FN2O3S/c1-17-9-11-21(12-10-17)15-28(16-24(29)27-23-8-6-5-7-22(23)26)32(30,31)25-19(3)13-18(2)14-20(25)4/h5-14H,15-16H2,1-4H3,(H,27,29). The molecule has 0 radical (unpaired) electrons. The minimum atomic E-state index is -4.01. The number of nitrogens with one attached hydrogen (secondary N) is 1. The summed E-state index contributed by atoms with van der Waals surface area (Å²) in [5.41, 5.74) is 4.00. The summed E-state index contributed by atoms with van der Waals surface area (Å²) in [7, 11) is -4.01. The minimum absolute atomic E-state index is 0.00730. The van der Waals surface area contributed by atoms with Crippen molar-refractivity contribution >= 4 is 21.6 Å². The van der Waals surface area contributed by atoms with E-state index in [1.807, 2.05) is 50.2 Å². The van der Waals surface area contributed by atoms with E-state index in [9.17, 15) is 17.6 Å². The van der Waals surface area contributed by atoms with Crippen LogP contribution in [0, 0.1) is 33.5 Å². The molecule has 5 nitrogen and oxygen atoms in total. The molecule has 0 saturated carbocycles. The largest absolute Gasteiger partial charge is 0.322 e. The number of aryl methyl sites for hydroxylation is 4. The lowest BCUT2D eigenvalue weighted by atomic mass is 10.1. The molecule has 3 rings (SSSR count). The Morgan fingerprint density at radius 2 is 1.50 bits per heavy atom. The van der Waals surface area contributed by atoms with Crippen molar-refractivity contribution in [1.29, 1.82) is 0 Å². The molecule has 1 amide bonds. The normalized spacial score (nSPS) is 11.6. The number of benzene rings is 3. The molecular weight excluding hydrogens is 427 g/mol. The second kappa shape index (κ2) is 9.63. The van der Waals surface area contributed by atoms with Gasteiger partial charge in [-0.2, -0.15) is 4.31 Å². The highest BCUT2D eigenvalue weighted by molar-refractivity contribution is 7.89. The van der Waals surface area contributed by atoms with Gasteiger partial charge in [0, 0.05) is 6.54 Å². The van der Waals surface area contributed by atoms with Crippen LogP contribution in [0.1, 0.15) is 27.8 Å². The first-order valence-corrected chi connectivity index (χ1v) is 11.7. The Hall–Kier alpha value is -3.03. The molecule has 3 aromatic carbocycles. The predicted molar refractivity (Wildman–Crippen MR) is 124 cm³/mol. The van der Waals surface area contributed by atoms with E-state index in [4.69, 9.17) is 0 Å². The minimum Gasteiger partial charge on any atom is -0.322 e. The van der Waals surface area contributed by atoms with E-state index in [0.29, 0.717) is 11.1 Å². The Morgan fingerprint density at radius 1 is 0.906 bits per heavy atom. The number of carbonyl (C=O) groups is 1. The monoisotopic (exact) mass is 454 g/mol. The second-order valence-electron chi connectivity index (χ2n) is 8.01. The van der Waals surface area contributed by atoms with Crippen molar-refractivity contribution in [3.63, 3.8) is 0 Å². The number of amides is 1. The van der Waals surface area contributed by atoms with Crippen LogP contribution in [0.25, 0.3) is 0 Å². The molecule has 0 aromatic heterocycles. The Labute approximate surface area is 188 Å². The highest BCUT2D eigenvalue weighted by Crippen LogP contribution is 2.27. The van der Waals surface area contributed by atoms with Crippen molar-refractivity contribution < 1.29 is 17.6 Å². The molecule has 0 saturated heterocycles. The quantitative estimate of drug-likeness (QED) is 0.553. The number of para-hydroxylation sites is 1. The smallest absolute Gasteiger partial charge is 0.244 e. The van der Waals surface area contributed by atoms with Gasteiger partial charge in [0.25, 0.3) is 0 Å². The van der Waals surface area contributed by atoms with Gasteiger partial charge in [-0.3, -0.25) is 4.79 Å². The van der Waals surface area contributed by atoms with E-state index in [0.717, 1.165) is 21.0 Å². The number of carbonyl (C=O) groups excluding carboxylic acids is 1. The van der Waals surface area contributed by atoms with E-state index in [1.165, 1.54) is 18.2 Å². The number of sulfonamides is 1. The van der Waals surface area contributed by atoms with Crippen LogP contribution in [0.4, 0.5) is 10.1 Å². The molecule has 0 fully saturated rings. The number of halogens is 1. The zero-order chi connectivity index (χ0) is 23.5. The molecule has 32 heavy (non-hydrogen) atoms. The molecule has 0 unspecified atom stereocenters. The number of nitrogens with zero attached hydrogens (tertiary/aromatic N) is 1. The lowest BCUT2D eigenvalue weighted by Crippen LogP contribution is -2.38. The third-order valence-corrected chi connectivity index (χ3v) is 7.25. The van der Waals surface area contributed by atoms with Crippen molar-refractivity contribution in [3.8, 4) is 0 Å². The number of hydrogen-bond donors (Lipinski definition) is 1. The van der Waals surface area contributed by atoms with E-state index in [-0.39, 0.29) is 17.1 Å². The maximum Gasteiger partial charge on any atom is 0.244 e. The van der Waals surface area contributed by atoms with Crippen LogP contribution in [-0.4, -0.2) is 25.2 Å². The van der Waals surface area contributed by atoms with Crippen molar-refractivity contribution in [2.75, 3.05) is 11.9 Å². The number of hydrogen-bond acceptors (Lipinski definition) is 3. The van der Waals surface area contributed by atoms with Crippen molar-refractivity contribution in [2.24, 2.45) is 0 Å². The molecule has 0 spiro atoms. The molecule has 0 aliphatic rings. The fourth-order valence-electron chi connectivity index (χ4n) is 3.74. The van der Waals surface area contributed by atoms with E-state index in [1.54, 1.807) is 19.9 Å². The van der Waals surface area contributed by atoms with E-state index in [2.05, 4.69) is 5.32 Å². The van der Waals surface area contributed by atoms with Gasteiger partial charge in [0.15, 0.2) is 0 Å². The zero-order valence-corrected chi connectivity index (χ0v) is 19.5. The first-order valence-electron chi connectivity index (χ1n) is 10.3. The molecule has 0 aliphatic carbocycles. The highest BCUT2D eigenvalue weighted by Gasteiger charge is 2.30.